The third kappa shape index (κ3) is 3.25. The first-order valence-electron chi connectivity index (χ1n) is 5.50. The van der Waals surface area contributed by atoms with Gasteiger partial charge in [-0.05, 0) is 48.9 Å². The molecule has 0 aromatic heterocycles. The van der Waals surface area contributed by atoms with Gasteiger partial charge in [0.15, 0.2) is 0 Å². The Morgan fingerprint density at radius 1 is 1.11 bits per heavy atom. The van der Waals surface area contributed by atoms with Gasteiger partial charge in [0.2, 0.25) is 0 Å². The van der Waals surface area contributed by atoms with Gasteiger partial charge in [0, 0.05) is 11.3 Å². The van der Waals surface area contributed by atoms with Crippen molar-refractivity contribution in [2.45, 2.75) is 6.92 Å². The van der Waals surface area contributed by atoms with E-state index in [4.69, 9.17) is 23.2 Å². The molecule has 5 heteroatoms. The number of carbonyl (C=O) groups excluding carboxylic acids is 1. The quantitative estimate of drug-likeness (QED) is 0.856. The summed E-state index contributed by atoms with van der Waals surface area (Å²) in [6.07, 6.45) is 0. The average Bonchev–Trinajstić information content (AvgIpc) is 2.36. The van der Waals surface area contributed by atoms with Crippen LogP contribution in [0.4, 0.5) is 10.1 Å². The van der Waals surface area contributed by atoms with E-state index in [0.29, 0.717) is 26.9 Å². The van der Waals surface area contributed by atoms with Crippen LogP contribution in [0, 0.1) is 12.7 Å². The van der Waals surface area contributed by atoms with Crippen LogP contribution in [-0.2, 0) is 0 Å². The van der Waals surface area contributed by atoms with Gasteiger partial charge in [-0.2, -0.15) is 0 Å². The molecule has 0 bridgehead atoms. The monoisotopic (exact) mass is 297 g/mol. The number of rotatable bonds is 2. The highest BCUT2D eigenvalue weighted by molar-refractivity contribution is 6.42. The molecule has 0 heterocycles. The lowest BCUT2D eigenvalue weighted by Crippen LogP contribution is -2.12. The molecule has 0 aliphatic rings. The summed E-state index contributed by atoms with van der Waals surface area (Å²) in [5, 5.41) is 3.39. The largest absolute Gasteiger partial charge is 0.322 e. The maximum Gasteiger partial charge on any atom is 0.255 e. The fraction of sp³-hybridized carbons (Fsp3) is 0.0714. The van der Waals surface area contributed by atoms with Gasteiger partial charge in [-0.25, -0.2) is 4.39 Å². The molecule has 0 unspecified atom stereocenters. The first-order chi connectivity index (χ1) is 8.97. The Morgan fingerprint density at radius 2 is 1.84 bits per heavy atom. The Morgan fingerprint density at radius 3 is 2.47 bits per heavy atom. The van der Waals surface area contributed by atoms with Crippen LogP contribution in [0.15, 0.2) is 36.4 Å². The second-order valence-corrected chi connectivity index (χ2v) is 4.86. The second kappa shape index (κ2) is 5.59. The van der Waals surface area contributed by atoms with Crippen LogP contribution in [-0.4, -0.2) is 5.91 Å². The highest BCUT2D eigenvalue weighted by atomic mass is 35.5. The van der Waals surface area contributed by atoms with Gasteiger partial charge >= 0.3 is 0 Å². The van der Waals surface area contributed by atoms with Gasteiger partial charge < -0.3 is 5.32 Å². The van der Waals surface area contributed by atoms with Crippen molar-refractivity contribution in [3.63, 3.8) is 0 Å². The number of halogens is 3. The molecule has 0 aliphatic heterocycles. The lowest BCUT2D eigenvalue weighted by molar-refractivity contribution is 0.102. The molecular formula is C14H10Cl2FNO. The van der Waals surface area contributed by atoms with Crippen LogP contribution >= 0.6 is 23.2 Å². The minimum Gasteiger partial charge on any atom is -0.322 e. The number of hydrogen-bond donors (Lipinski definition) is 1. The normalized spacial score (nSPS) is 10.3. The van der Waals surface area contributed by atoms with Gasteiger partial charge in [-0.1, -0.05) is 23.2 Å². The van der Waals surface area contributed by atoms with Crippen molar-refractivity contribution >= 4 is 34.8 Å². The standard InChI is InChI=1S/C14H10Cl2FNO/c1-8-6-10(17)3-5-13(8)18-14(19)9-2-4-11(15)12(16)7-9/h2-7H,1H3,(H,18,19). The van der Waals surface area contributed by atoms with E-state index in [1.165, 1.54) is 24.3 Å². The first-order valence-corrected chi connectivity index (χ1v) is 6.25. The fourth-order valence-electron chi connectivity index (χ4n) is 1.60. The van der Waals surface area contributed by atoms with E-state index in [1.807, 2.05) is 0 Å². The van der Waals surface area contributed by atoms with Crippen LogP contribution in [0.25, 0.3) is 0 Å². The third-order valence-corrected chi connectivity index (χ3v) is 3.36. The van der Waals surface area contributed by atoms with Gasteiger partial charge in [0.1, 0.15) is 5.82 Å². The minimum atomic E-state index is -0.343. The molecule has 98 valence electrons. The third-order valence-electron chi connectivity index (χ3n) is 2.62. The Balaban J connectivity index is 2.23. The maximum absolute atomic E-state index is 13.0. The van der Waals surface area contributed by atoms with Gasteiger partial charge in [-0.15, -0.1) is 0 Å². The Bertz CT molecular complexity index is 643. The molecule has 0 spiro atoms. The van der Waals surface area contributed by atoms with Crippen LogP contribution in [0.2, 0.25) is 10.0 Å². The van der Waals surface area contributed by atoms with E-state index < -0.39 is 0 Å². The van der Waals surface area contributed by atoms with Crippen molar-refractivity contribution < 1.29 is 9.18 Å². The summed E-state index contributed by atoms with van der Waals surface area (Å²) < 4.78 is 13.0. The minimum absolute atomic E-state index is 0.310. The van der Waals surface area contributed by atoms with E-state index in [-0.39, 0.29) is 11.7 Å². The first kappa shape index (κ1) is 13.8. The van der Waals surface area contributed by atoms with Gasteiger partial charge in [0.05, 0.1) is 10.0 Å². The molecular weight excluding hydrogens is 288 g/mol. The van der Waals surface area contributed by atoms with Crippen molar-refractivity contribution in [2.75, 3.05) is 5.32 Å². The topological polar surface area (TPSA) is 29.1 Å². The Labute approximate surface area is 120 Å². The summed E-state index contributed by atoms with van der Waals surface area (Å²) in [6.45, 7) is 1.72. The smallest absolute Gasteiger partial charge is 0.255 e. The van der Waals surface area contributed by atoms with E-state index >= 15 is 0 Å². The van der Waals surface area contributed by atoms with Crippen LogP contribution in [0.5, 0.6) is 0 Å². The van der Waals surface area contributed by atoms with Gasteiger partial charge in [0.25, 0.3) is 5.91 Å². The molecule has 0 fully saturated rings. The number of hydrogen-bond acceptors (Lipinski definition) is 1. The van der Waals surface area contributed by atoms with Crippen molar-refractivity contribution in [3.05, 3.63) is 63.4 Å². The van der Waals surface area contributed by atoms with E-state index in [1.54, 1.807) is 19.1 Å². The predicted molar refractivity (Wildman–Crippen MR) is 75.6 cm³/mol. The zero-order chi connectivity index (χ0) is 14.0. The molecule has 0 radical (unpaired) electrons. The molecule has 1 amide bonds. The summed E-state index contributed by atoms with van der Waals surface area (Å²) in [5.74, 6) is -0.668. The SMILES string of the molecule is Cc1cc(F)ccc1NC(=O)c1ccc(Cl)c(Cl)c1. The summed E-state index contributed by atoms with van der Waals surface area (Å²) in [5.41, 5.74) is 1.59. The lowest BCUT2D eigenvalue weighted by Gasteiger charge is -2.09. The molecule has 1 N–H and O–H groups in total. The van der Waals surface area contributed by atoms with Crippen molar-refractivity contribution in [3.8, 4) is 0 Å². The number of aryl methyl sites for hydroxylation is 1. The summed E-state index contributed by atoms with van der Waals surface area (Å²) in [4.78, 5) is 12.0. The van der Waals surface area contributed by atoms with E-state index in [2.05, 4.69) is 5.32 Å². The Hall–Kier alpha value is -1.58. The molecule has 0 aliphatic carbocycles. The zero-order valence-electron chi connectivity index (χ0n) is 10.0. The zero-order valence-corrected chi connectivity index (χ0v) is 11.5. The highest BCUT2D eigenvalue weighted by Gasteiger charge is 2.10. The molecule has 19 heavy (non-hydrogen) atoms. The molecule has 2 aromatic carbocycles. The molecule has 2 aromatic rings. The maximum atomic E-state index is 13.0. The summed E-state index contributed by atoms with van der Waals surface area (Å²) in [6, 6.07) is 8.76. The predicted octanol–water partition coefficient (Wildman–Crippen LogP) is 4.69. The molecule has 0 saturated carbocycles. The summed E-state index contributed by atoms with van der Waals surface area (Å²) >= 11 is 11.6. The average molecular weight is 298 g/mol. The molecule has 2 nitrogen and oxygen atoms in total. The van der Waals surface area contributed by atoms with Crippen LogP contribution in [0.1, 0.15) is 15.9 Å². The fourth-order valence-corrected chi connectivity index (χ4v) is 1.90. The van der Waals surface area contributed by atoms with E-state index in [0.717, 1.165) is 0 Å². The second-order valence-electron chi connectivity index (χ2n) is 4.04. The molecule has 0 saturated heterocycles. The highest BCUT2D eigenvalue weighted by Crippen LogP contribution is 2.23. The van der Waals surface area contributed by atoms with Gasteiger partial charge in [-0.3, -0.25) is 4.79 Å². The number of carbonyl (C=O) groups is 1. The number of amides is 1. The summed E-state index contributed by atoms with van der Waals surface area (Å²) in [7, 11) is 0. The van der Waals surface area contributed by atoms with E-state index in [9.17, 15) is 9.18 Å². The molecule has 2 rings (SSSR count). The van der Waals surface area contributed by atoms with Crippen LogP contribution < -0.4 is 5.32 Å². The van der Waals surface area contributed by atoms with Crippen molar-refractivity contribution in [1.29, 1.82) is 0 Å². The Kier molecular flexibility index (Phi) is 4.08. The lowest BCUT2D eigenvalue weighted by atomic mass is 10.1. The van der Waals surface area contributed by atoms with Crippen LogP contribution in [0.3, 0.4) is 0 Å². The number of nitrogens with one attached hydrogen (secondary N) is 1. The van der Waals surface area contributed by atoms with Crippen molar-refractivity contribution in [2.24, 2.45) is 0 Å². The molecule has 0 atom stereocenters. The van der Waals surface area contributed by atoms with Crippen molar-refractivity contribution in [1.82, 2.24) is 0 Å². The number of benzene rings is 2. The number of anilines is 1.